The van der Waals surface area contributed by atoms with E-state index in [1.807, 2.05) is 0 Å². The highest BCUT2D eigenvalue weighted by Crippen LogP contribution is 2.52. The molecule has 11 rings (SSSR count). The maximum Gasteiger partial charge on any atom is 0.0158 e. The third kappa shape index (κ3) is 4.49. The fourth-order valence-corrected chi connectivity index (χ4v) is 9.38. The van der Waals surface area contributed by atoms with Crippen molar-refractivity contribution in [3.63, 3.8) is 0 Å². The molecule has 0 bridgehead atoms. The Balaban J connectivity index is 1.10. The van der Waals surface area contributed by atoms with Crippen LogP contribution >= 0.6 is 0 Å². The van der Waals surface area contributed by atoms with E-state index < -0.39 is 0 Å². The quantitative estimate of drug-likeness (QED) is 0.129. The third-order valence-corrected chi connectivity index (χ3v) is 12.0. The van der Waals surface area contributed by atoms with E-state index in [2.05, 4.69) is 196 Å². The second-order valence-electron chi connectivity index (χ2n) is 15.3. The molecule has 0 spiro atoms. The van der Waals surface area contributed by atoms with Crippen LogP contribution in [-0.4, -0.2) is 0 Å². The molecule has 0 nitrogen and oxygen atoms in total. The van der Waals surface area contributed by atoms with E-state index in [0.29, 0.717) is 0 Å². The second kappa shape index (κ2) is 11.2. The molecule has 1 aliphatic rings. The maximum absolute atomic E-state index is 2.47. The smallest absolute Gasteiger partial charge is 0.0158 e. The van der Waals surface area contributed by atoms with E-state index in [1.54, 1.807) is 0 Å². The molecule has 0 radical (unpaired) electrons. The molecule has 0 heteroatoms. The van der Waals surface area contributed by atoms with Crippen LogP contribution in [0.1, 0.15) is 25.0 Å². The first-order valence-corrected chi connectivity index (χ1v) is 18.7. The highest BCUT2D eigenvalue weighted by Gasteiger charge is 2.36. The minimum atomic E-state index is -0.0929. The molecule has 1 aliphatic carbocycles. The Kier molecular flexibility index (Phi) is 6.40. The van der Waals surface area contributed by atoms with Crippen LogP contribution in [-0.2, 0) is 5.41 Å². The Labute approximate surface area is 310 Å². The molecule has 10 aromatic carbocycles. The molecule has 0 fully saturated rings. The molecule has 0 aliphatic heterocycles. The lowest BCUT2D eigenvalue weighted by Crippen LogP contribution is -2.14. The Bertz CT molecular complexity index is 3000. The normalized spacial score (nSPS) is 13.2. The summed E-state index contributed by atoms with van der Waals surface area (Å²) in [5.74, 6) is 0. The molecule has 0 heterocycles. The van der Waals surface area contributed by atoms with Gasteiger partial charge in [-0.15, -0.1) is 0 Å². The summed E-state index contributed by atoms with van der Waals surface area (Å²) >= 11 is 0. The van der Waals surface area contributed by atoms with Crippen LogP contribution in [0.15, 0.2) is 182 Å². The summed E-state index contributed by atoms with van der Waals surface area (Å²) in [6.07, 6.45) is 0. The largest absolute Gasteiger partial charge is 0.0622 e. The monoisotopic (exact) mass is 672 g/mol. The van der Waals surface area contributed by atoms with Gasteiger partial charge >= 0.3 is 0 Å². The lowest BCUT2D eigenvalue weighted by Gasteiger charge is -2.22. The van der Waals surface area contributed by atoms with Crippen molar-refractivity contribution < 1.29 is 0 Å². The van der Waals surface area contributed by atoms with Gasteiger partial charge in [-0.3, -0.25) is 0 Å². The molecule has 10 aromatic rings. The molecular weight excluding hydrogens is 637 g/mol. The molecule has 0 saturated heterocycles. The Morgan fingerprint density at radius 1 is 0.283 bits per heavy atom. The predicted octanol–water partition coefficient (Wildman–Crippen LogP) is 14.7. The Morgan fingerprint density at radius 3 is 1.43 bits per heavy atom. The summed E-state index contributed by atoms with van der Waals surface area (Å²) in [5, 5.41) is 10.6. The molecule has 248 valence electrons. The van der Waals surface area contributed by atoms with Gasteiger partial charge in [0.25, 0.3) is 0 Å². The highest BCUT2D eigenvalue weighted by molar-refractivity contribution is 6.35. The SMILES string of the molecule is CC1(C)c2ccc(-c3cc(-c4ccccc4)cc(-c4ccccc4)c3)cc2-c2cc(-c3ccc4c5ccccc5c5cccc6ccc3c4c65)ccc21. The van der Waals surface area contributed by atoms with Crippen molar-refractivity contribution in [2.75, 3.05) is 0 Å². The van der Waals surface area contributed by atoms with Gasteiger partial charge in [0.1, 0.15) is 0 Å². The van der Waals surface area contributed by atoms with Gasteiger partial charge in [-0.1, -0.05) is 166 Å². The van der Waals surface area contributed by atoms with Crippen molar-refractivity contribution in [3.8, 4) is 55.6 Å². The lowest BCUT2D eigenvalue weighted by atomic mass is 9.81. The molecule has 53 heavy (non-hydrogen) atoms. The second-order valence-corrected chi connectivity index (χ2v) is 15.3. The van der Waals surface area contributed by atoms with Gasteiger partial charge in [0.2, 0.25) is 0 Å². The van der Waals surface area contributed by atoms with Gasteiger partial charge in [0, 0.05) is 5.41 Å². The first-order chi connectivity index (χ1) is 26.0. The van der Waals surface area contributed by atoms with Gasteiger partial charge in [0.05, 0.1) is 0 Å². The summed E-state index contributed by atoms with van der Waals surface area (Å²) in [6.45, 7) is 4.75. The summed E-state index contributed by atoms with van der Waals surface area (Å²) in [5.41, 5.74) is 15.3. The Hall–Kier alpha value is -6.50. The van der Waals surface area contributed by atoms with Crippen LogP contribution in [0.4, 0.5) is 0 Å². The minimum absolute atomic E-state index is 0.0929. The van der Waals surface area contributed by atoms with Crippen molar-refractivity contribution in [2.24, 2.45) is 0 Å². The fourth-order valence-electron chi connectivity index (χ4n) is 9.38. The van der Waals surface area contributed by atoms with Gasteiger partial charge in [-0.25, -0.2) is 0 Å². The molecule has 0 N–H and O–H groups in total. The maximum atomic E-state index is 2.47. The van der Waals surface area contributed by atoms with E-state index in [4.69, 9.17) is 0 Å². The minimum Gasteiger partial charge on any atom is -0.0622 e. The molecule has 0 aromatic heterocycles. The average molecular weight is 673 g/mol. The van der Waals surface area contributed by atoms with Crippen molar-refractivity contribution in [1.29, 1.82) is 0 Å². The first kappa shape index (κ1) is 30.2. The lowest BCUT2D eigenvalue weighted by molar-refractivity contribution is 0.660. The van der Waals surface area contributed by atoms with E-state index in [-0.39, 0.29) is 5.41 Å². The van der Waals surface area contributed by atoms with Crippen molar-refractivity contribution in [2.45, 2.75) is 19.3 Å². The zero-order valence-corrected chi connectivity index (χ0v) is 29.8. The van der Waals surface area contributed by atoms with Gasteiger partial charge < -0.3 is 0 Å². The summed E-state index contributed by atoms with van der Waals surface area (Å²) < 4.78 is 0. The zero-order valence-electron chi connectivity index (χ0n) is 29.8. The molecule has 0 saturated carbocycles. The van der Waals surface area contributed by atoms with Crippen LogP contribution in [0.25, 0.3) is 98.7 Å². The Morgan fingerprint density at radius 2 is 0.792 bits per heavy atom. The number of rotatable bonds is 4. The standard InChI is InChI=1S/C53H36/c1-53(2)49-26-21-36(40-29-38(33-12-5-3-6-13-33)28-39(30-40)34-14-7-4-8-15-34)31-47(49)48-32-37(22-27-50(48)53)41-24-25-46-43-18-10-9-17-42(43)44-19-11-16-35-20-23-45(41)52(46)51(35)44/h3-32H,1-2H3. The van der Waals surface area contributed by atoms with Crippen LogP contribution in [0, 0.1) is 0 Å². The van der Waals surface area contributed by atoms with Gasteiger partial charge in [-0.05, 0) is 140 Å². The summed E-state index contributed by atoms with van der Waals surface area (Å²) in [7, 11) is 0. The predicted molar refractivity (Wildman–Crippen MR) is 227 cm³/mol. The van der Waals surface area contributed by atoms with E-state index in [9.17, 15) is 0 Å². The van der Waals surface area contributed by atoms with Gasteiger partial charge in [0.15, 0.2) is 0 Å². The fraction of sp³-hybridized carbons (Fsp3) is 0.0566. The van der Waals surface area contributed by atoms with Crippen molar-refractivity contribution in [3.05, 3.63) is 193 Å². The van der Waals surface area contributed by atoms with E-state index >= 15 is 0 Å². The number of hydrogen-bond acceptors (Lipinski definition) is 0. The highest BCUT2D eigenvalue weighted by atomic mass is 14.4. The third-order valence-electron chi connectivity index (χ3n) is 12.0. The van der Waals surface area contributed by atoms with Crippen LogP contribution in [0.2, 0.25) is 0 Å². The number of hydrogen-bond donors (Lipinski definition) is 0. The average Bonchev–Trinajstić information content (AvgIpc) is 3.45. The van der Waals surface area contributed by atoms with Gasteiger partial charge in [-0.2, -0.15) is 0 Å². The molecule has 0 atom stereocenters. The van der Waals surface area contributed by atoms with E-state index in [0.717, 1.165) is 0 Å². The molecule has 0 unspecified atom stereocenters. The molecular formula is C53H36. The zero-order chi connectivity index (χ0) is 35.3. The first-order valence-electron chi connectivity index (χ1n) is 18.7. The number of fused-ring (bicyclic) bond motifs is 6. The van der Waals surface area contributed by atoms with Crippen LogP contribution < -0.4 is 0 Å². The van der Waals surface area contributed by atoms with E-state index in [1.165, 1.54) is 110 Å². The topological polar surface area (TPSA) is 0 Å². The summed E-state index contributed by atoms with van der Waals surface area (Å²) in [6, 6.07) is 67.9. The molecule has 0 amide bonds. The van der Waals surface area contributed by atoms with Crippen molar-refractivity contribution >= 4 is 43.1 Å². The van der Waals surface area contributed by atoms with Crippen LogP contribution in [0.5, 0.6) is 0 Å². The van der Waals surface area contributed by atoms with Crippen LogP contribution in [0.3, 0.4) is 0 Å². The summed E-state index contributed by atoms with van der Waals surface area (Å²) in [4.78, 5) is 0. The van der Waals surface area contributed by atoms with Crippen molar-refractivity contribution in [1.82, 2.24) is 0 Å². The number of benzene rings is 10.